The zero-order chi connectivity index (χ0) is 15.9. The van der Waals surface area contributed by atoms with E-state index >= 15 is 0 Å². The highest BCUT2D eigenvalue weighted by molar-refractivity contribution is 5.65. The van der Waals surface area contributed by atoms with Crippen LogP contribution in [0.5, 0.6) is 0 Å². The molecule has 118 valence electrons. The summed E-state index contributed by atoms with van der Waals surface area (Å²) < 4.78 is 10.8. The predicted molar refractivity (Wildman–Crippen MR) is 78.5 cm³/mol. The van der Waals surface area contributed by atoms with E-state index < -0.39 is 24.2 Å². The molecular formula is C16H24O5. The zero-order valence-electron chi connectivity index (χ0n) is 12.8. The molecule has 0 aromatic heterocycles. The monoisotopic (exact) mass is 296 g/mol. The van der Waals surface area contributed by atoms with Crippen molar-refractivity contribution in [2.75, 3.05) is 13.2 Å². The number of ether oxygens (including phenoxy) is 2. The van der Waals surface area contributed by atoms with Crippen LogP contribution in [0.1, 0.15) is 26.3 Å². The van der Waals surface area contributed by atoms with Crippen LogP contribution in [-0.4, -0.2) is 41.6 Å². The van der Waals surface area contributed by atoms with E-state index in [9.17, 15) is 15.0 Å². The first kappa shape index (κ1) is 17.6. The van der Waals surface area contributed by atoms with Gasteiger partial charge in [0.1, 0.15) is 6.10 Å². The van der Waals surface area contributed by atoms with Crippen LogP contribution in [-0.2, 0) is 20.9 Å². The second kappa shape index (κ2) is 8.12. The Morgan fingerprint density at radius 3 is 2.43 bits per heavy atom. The van der Waals surface area contributed by atoms with Crippen molar-refractivity contribution in [1.82, 2.24) is 0 Å². The Morgan fingerprint density at radius 2 is 1.90 bits per heavy atom. The summed E-state index contributed by atoms with van der Waals surface area (Å²) in [5, 5.41) is 19.2. The largest absolute Gasteiger partial charge is 0.465 e. The summed E-state index contributed by atoms with van der Waals surface area (Å²) in [7, 11) is 0. The van der Waals surface area contributed by atoms with Crippen molar-refractivity contribution in [3.63, 3.8) is 0 Å². The van der Waals surface area contributed by atoms with Gasteiger partial charge in [-0.1, -0.05) is 44.2 Å². The Labute approximate surface area is 125 Å². The van der Waals surface area contributed by atoms with E-state index in [-0.39, 0.29) is 12.6 Å². The smallest absolute Gasteiger partial charge is 0.302 e. The summed E-state index contributed by atoms with van der Waals surface area (Å²) in [6.07, 6.45) is -1.69. The number of aliphatic hydroxyl groups is 2. The maximum Gasteiger partial charge on any atom is 0.302 e. The lowest BCUT2D eigenvalue weighted by Crippen LogP contribution is -2.46. The molecule has 1 aromatic carbocycles. The number of benzene rings is 1. The van der Waals surface area contributed by atoms with E-state index in [1.54, 1.807) is 0 Å². The molecule has 0 spiro atoms. The molecule has 0 aliphatic carbocycles. The van der Waals surface area contributed by atoms with Gasteiger partial charge in [0.15, 0.2) is 0 Å². The Hall–Kier alpha value is -1.43. The minimum Gasteiger partial charge on any atom is -0.465 e. The number of rotatable bonds is 8. The number of aliphatic hydroxyl groups excluding tert-OH is 2. The Balaban J connectivity index is 2.72. The summed E-state index contributed by atoms with van der Waals surface area (Å²) in [6, 6.07) is 9.55. The van der Waals surface area contributed by atoms with Crippen molar-refractivity contribution >= 4 is 5.97 Å². The summed E-state index contributed by atoms with van der Waals surface area (Å²) in [5.41, 5.74) is 0.346. The molecule has 0 saturated heterocycles. The van der Waals surface area contributed by atoms with Crippen LogP contribution in [0.3, 0.4) is 0 Å². The molecule has 2 N–H and O–H groups in total. The lowest BCUT2D eigenvalue weighted by Gasteiger charge is -2.36. The van der Waals surface area contributed by atoms with Gasteiger partial charge in [-0.05, 0) is 5.56 Å². The van der Waals surface area contributed by atoms with Crippen LogP contribution in [0, 0.1) is 5.41 Å². The highest BCUT2D eigenvalue weighted by Crippen LogP contribution is 2.27. The maximum absolute atomic E-state index is 11.0. The fraction of sp³-hybridized carbons (Fsp3) is 0.562. The molecule has 0 amide bonds. The van der Waals surface area contributed by atoms with Gasteiger partial charge in [-0.15, -0.1) is 0 Å². The lowest BCUT2D eigenvalue weighted by atomic mass is 9.84. The van der Waals surface area contributed by atoms with Gasteiger partial charge in [-0.25, -0.2) is 0 Å². The van der Waals surface area contributed by atoms with Crippen LogP contribution in [0.15, 0.2) is 30.3 Å². The average Bonchev–Trinajstić information content (AvgIpc) is 2.46. The lowest BCUT2D eigenvalue weighted by molar-refractivity contribution is -0.158. The van der Waals surface area contributed by atoms with Crippen molar-refractivity contribution in [2.24, 2.45) is 5.41 Å². The van der Waals surface area contributed by atoms with E-state index in [4.69, 9.17) is 9.47 Å². The van der Waals surface area contributed by atoms with E-state index in [1.165, 1.54) is 6.92 Å². The number of carbonyl (C=O) groups is 1. The molecular weight excluding hydrogens is 272 g/mol. The SMILES string of the molecule is CC(=O)OCC(C)(C)C(OCc1ccccc1)[C@H](O)CO. The van der Waals surface area contributed by atoms with Crippen LogP contribution >= 0.6 is 0 Å². The second-order valence-electron chi connectivity index (χ2n) is 5.74. The average molecular weight is 296 g/mol. The Kier molecular flexibility index (Phi) is 6.81. The Bertz CT molecular complexity index is 430. The van der Waals surface area contributed by atoms with Gasteiger partial charge in [-0.3, -0.25) is 4.79 Å². The first-order chi connectivity index (χ1) is 9.86. The zero-order valence-corrected chi connectivity index (χ0v) is 12.8. The molecule has 0 bridgehead atoms. The highest BCUT2D eigenvalue weighted by Gasteiger charge is 2.36. The number of hydrogen-bond donors (Lipinski definition) is 2. The molecule has 2 atom stereocenters. The number of hydrogen-bond acceptors (Lipinski definition) is 5. The van der Waals surface area contributed by atoms with Crippen LogP contribution < -0.4 is 0 Å². The fourth-order valence-corrected chi connectivity index (χ4v) is 2.08. The van der Waals surface area contributed by atoms with Gasteiger partial charge in [0.25, 0.3) is 0 Å². The Morgan fingerprint density at radius 1 is 1.29 bits per heavy atom. The van der Waals surface area contributed by atoms with Crippen LogP contribution in [0.2, 0.25) is 0 Å². The standard InChI is InChI=1S/C16H24O5/c1-12(18)21-11-16(2,3)15(14(19)9-17)20-10-13-7-5-4-6-8-13/h4-8,14-15,17,19H,9-11H2,1-3H3/t14-,15?/m1/s1. The summed E-state index contributed by atoms with van der Waals surface area (Å²) >= 11 is 0. The molecule has 0 saturated carbocycles. The van der Waals surface area contributed by atoms with Crippen molar-refractivity contribution in [1.29, 1.82) is 0 Å². The second-order valence-corrected chi connectivity index (χ2v) is 5.74. The molecule has 1 rings (SSSR count). The number of esters is 1. The first-order valence-corrected chi connectivity index (χ1v) is 6.94. The summed E-state index contributed by atoms with van der Waals surface area (Å²) in [6.45, 7) is 4.99. The molecule has 0 radical (unpaired) electrons. The van der Waals surface area contributed by atoms with Gasteiger partial charge in [0.05, 0.1) is 25.9 Å². The van der Waals surface area contributed by atoms with E-state index in [0.717, 1.165) is 5.56 Å². The molecule has 21 heavy (non-hydrogen) atoms. The molecule has 1 aromatic rings. The maximum atomic E-state index is 11.0. The number of carbonyl (C=O) groups excluding carboxylic acids is 1. The van der Waals surface area contributed by atoms with Gasteiger partial charge in [0.2, 0.25) is 0 Å². The first-order valence-electron chi connectivity index (χ1n) is 6.94. The van der Waals surface area contributed by atoms with Crippen molar-refractivity contribution < 1.29 is 24.5 Å². The molecule has 5 heteroatoms. The molecule has 0 fully saturated rings. The normalized spacial score (nSPS) is 14.5. The van der Waals surface area contributed by atoms with E-state index in [0.29, 0.717) is 6.61 Å². The topological polar surface area (TPSA) is 76.0 Å². The minimum atomic E-state index is -1.04. The van der Waals surface area contributed by atoms with Crippen molar-refractivity contribution in [3.05, 3.63) is 35.9 Å². The van der Waals surface area contributed by atoms with E-state index in [2.05, 4.69) is 0 Å². The van der Waals surface area contributed by atoms with Gasteiger partial charge < -0.3 is 19.7 Å². The van der Waals surface area contributed by atoms with Crippen molar-refractivity contribution in [2.45, 2.75) is 39.6 Å². The van der Waals surface area contributed by atoms with E-state index in [1.807, 2.05) is 44.2 Å². The van der Waals surface area contributed by atoms with Crippen molar-refractivity contribution in [3.8, 4) is 0 Å². The quantitative estimate of drug-likeness (QED) is 0.711. The third-order valence-electron chi connectivity index (χ3n) is 3.23. The third-order valence-corrected chi connectivity index (χ3v) is 3.23. The van der Waals surface area contributed by atoms with Gasteiger partial charge in [-0.2, -0.15) is 0 Å². The fourth-order valence-electron chi connectivity index (χ4n) is 2.08. The predicted octanol–water partition coefficient (Wildman–Crippen LogP) is 1.51. The highest BCUT2D eigenvalue weighted by atomic mass is 16.5. The molecule has 1 unspecified atom stereocenters. The van der Waals surface area contributed by atoms with Crippen LogP contribution in [0.4, 0.5) is 0 Å². The van der Waals surface area contributed by atoms with Gasteiger partial charge in [0, 0.05) is 12.3 Å². The van der Waals surface area contributed by atoms with Gasteiger partial charge >= 0.3 is 5.97 Å². The molecule has 0 aliphatic heterocycles. The molecule has 5 nitrogen and oxygen atoms in total. The third kappa shape index (κ3) is 5.83. The molecule has 0 aliphatic rings. The minimum absolute atomic E-state index is 0.110. The van der Waals surface area contributed by atoms with Crippen LogP contribution in [0.25, 0.3) is 0 Å². The summed E-state index contributed by atoms with van der Waals surface area (Å²) in [5.74, 6) is -0.386. The molecule has 0 heterocycles. The summed E-state index contributed by atoms with van der Waals surface area (Å²) in [4.78, 5) is 11.0.